The molecule has 1 aliphatic rings. The number of piperidine rings is 1. The Bertz CT molecular complexity index is 519. The summed E-state index contributed by atoms with van der Waals surface area (Å²) in [6.45, 7) is 5.60. The molecule has 6 heteroatoms. The molecule has 0 aliphatic carbocycles. The molecule has 1 heterocycles. The van der Waals surface area contributed by atoms with Gasteiger partial charge < -0.3 is 10.6 Å². The fourth-order valence-corrected chi connectivity index (χ4v) is 2.99. The summed E-state index contributed by atoms with van der Waals surface area (Å²) < 4.78 is 13.5. The number of likely N-dealkylation sites (tertiary alicyclic amines) is 1. The van der Waals surface area contributed by atoms with Crippen molar-refractivity contribution in [3.8, 4) is 0 Å². The predicted molar refractivity (Wildman–Crippen MR) is 97.9 cm³/mol. The minimum atomic E-state index is -0.222. The van der Waals surface area contributed by atoms with Gasteiger partial charge in [0.2, 0.25) is 5.91 Å². The third-order valence-corrected chi connectivity index (χ3v) is 4.60. The van der Waals surface area contributed by atoms with Gasteiger partial charge in [-0.3, -0.25) is 9.69 Å². The van der Waals surface area contributed by atoms with Crippen molar-refractivity contribution in [1.29, 1.82) is 0 Å². The van der Waals surface area contributed by atoms with E-state index in [2.05, 4.69) is 15.5 Å². The largest absolute Gasteiger partial charge is 0.351 e. The minimum Gasteiger partial charge on any atom is -0.351 e. The summed E-state index contributed by atoms with van der Waals surface area (Å²) in [5.41, 5.74) is 1.42. The Hall–Kier alpha value is -1.17. The summed E-state index contributed by atoms with van der Waals surface area (Å²) in [6, 6.07) is 5.08. The number of carbonyl (C=O) groups excluding carboxylic acids is 1. The molecule has 2 N–H and O–H groups in total. The van der Waals surface area contributed by atoms with Gasteiger partial charge in [-0.1, -0.05) is 12.1 Å². The maximum Gasteiger partial charge on any atom is 0.234 e. The first-order chi connectivity index (χ1) is 11.1. The number of nitrogens with one attached hydrogen (secondary N) is 2. The summed E-state index contributed by atoms with van der Waals surface area (Å²) in [5, 5.41) is 6.07. The van der Waals surface area contributed by atoms with Gasteiger partial charge >= 0.3 is 0 Å². The summed E-state index contributed by atoms with van der Waals surface area (Å²) in [5.74, 6) is 0.567. The van der Waals surface area contributed by atoms with Gasteiger partial charge in [0.15, 0.2) is 0 Å². The number of benzene rings is 1. The third kappa shape index (κ3) is 6.75. The Morgan fingerprint density at radius 3 is 2.67 bits per heavy atom. The van der Waals surface area contributed by atoms with E-state index in [1.165, 1.54) is 12.5 Å². The highest BCUT2D eigenvalue weighted by atomic mass is 35.5. The zero-order valence-electron chi connectivity index (χ0n) is 14.6. The van der Waals surface area contributed by atoms with Crippen LogP contribution in [-0.2, 0) is 11.3 Å². The average molecular weight is 358 g/mol. The molecule has 4 nitrogen and oxygen atoms in total. The molecule has 0 unspecified atom stereocenters. The van der Waals surface area contributed by atoms with Crippen LogP contribution in [0.15, 0.2) is 18.2 Å². The van der Waals surface area contributed by atoms with Crippen LogP contribution in [0.3, 0.4) is 0 Å². The molecule has 1 saturated heterocycles. The lowest BCUT2D eigenvalue weighted by Crippen LogP contribution is -2.41. The van der Waals surface area contributed by atoms with Crippen LogP contribution in [0.25, 0.3) is 0 Å². The second kappa shape index (κ2) is 10.6. The van der Waals surface area contributed by atoms with Crippen LogP contribution in [-0.4, -0.2) is 44.0 Å². The first-order valence-corrected chi connectivity index (χ1v) is 8.47. The molecule has 1 aromatic rings. The second-order valence-corrected chi connectivity index (χ2v) is 6.47. The van der Waals surface area contributed by atoms with Crippen LogP contribution >= 0.6 is 12.4 Å². The standard InChI is InChI=1S/C18H28FN3O.ClH/c1-14-3-4-16(11-17(14)19)12-21-18(23)13-22-9-6-15(7-10-22)5-8-20-2;/h3-4,11,15,20H,5-10,12-13H2,1-2H3,(H,21,23);1H. The van der Waals surface area contributed by atoms with E-state index in [1.807, 2.05) is 13.1 Å². The fraction of sp³-hybridized carbons (Fsp3) is 0.611. The SMILES string of the molecule is CNCCC1CCN(CC(=O)NCc2ccc(C)c(F)c2)CC1.Cl. The van der Waals surface area contributed by atoms with Crippen molar-refractivity contribution in [1.82, 2.24) is 15.5 Å². The smallest absolute Gasteiger partial charge is 0.234 e. The molecule has 0 spiro atoms. The van der Waals surface area contributed by atoms with Crippen LogP contribution < -0.4 is 10.6 Å². The molecule has 1 aromatic carbocycles. The van der Waals surface area contributed by atoms with E-state index >= 15 is 0 Å². The van der Waals surface area contributed by atoms with Gasteiger partial charge in [0.25, 0.3) is 0 Å². The molecule has 0 bridgehead atoms. The van der Waals surface area contributed by atoms with E-state index in [0.717, 1.165) is 44.0 Å². The van der Waals surface area contributed by atoms with Crippen molar-refractivity contribution in [2.75, 3.05) is 33.2 Å². The van der Waals surface area contributed by atoms with Gasteiger partial charge in [0.1, 0.15) is 5.82 Å². The Labute approximate surface area is 150 Å². The lowest BCUT2D eigenvalue weighted by Gasteiger charge is -2.31. The highest BCUT2D eigenvalue weighted by Gasteiger charge is 2.20. The molecule has 0 radical (unpaired) electrons. The van der Waals surface area contributed by atoms with Gasteiger partial charge in [-0.15, -0.1) is 12.4 Å². The maximum atomic E-state index is 13.5. The van der Waals surface area contributed by atoms with E-state index in [0.29, 0.717) is 18.7 Å². The molecule has 2 rings (SSSR count). The fourth-order valence-electron chi connectivity index (χ4n) is 2.99. The van der Waals surface area contributed by atoms with Crippen molar-refractivity contribution in [3.05, 3.63) is 35.1 Å². The zero-order chi connectivity index (χ0) is 16.7. The number of carbonyl (C=O) groups is 1. The Morgan fingerprint density at radius 1 is 1.33 bits per heavy atom. The summed E-state index contributed by atoms with van der Waals surface area (Å²) in [6.07, 6.45) is 3.55. The van der Waals surface area contributed by atoms with E-state index < -0.39 is 0 Å². The van der Waals surface area contributed by atoms with Gasteiger partial charge in [-0.25, -0.2) is 4.39 Å². The molecule has 136 valence electrons. The molecule has 1 fully saturated rings. The quantitative estimate of drug-likeness (QED) is 0.788. The Morgan fingerprint density at radius 2 is 2.04 bits per heavy atom. The van der Waals surface area contributed by atoms with E-state index in [4.69, 9.17) is 0 Å². The first kappa shape index (κ1) is 20.9. The van der Waals surface area contributed by atoms with Gasteiger partial charge in [0, 0.05) is 6.54 Å². The number of hydrogen-bond donors (Lipinski definition) is 2. The number of amides is 1. The van der Waals surface area contributed by atoms with E-state index in [1.54, 1.807) is 13.0 Å². The highest BCUT2D eigenvalue weighted by Crippen LogP contribution is 2.19. The van der Waals surface area contributed by atoms with Crippen molar-refractivity contribution < 1.29 is 9.18 Å². The normalized spacial score (nSPS) is 15.8. The average Bonchev–Trinajstić information content (AvgIpc) is 2.55. The molecule has 0 saturated carbocycles. The lowest BCUT2D eigenvalue weighted by molar-refractivity contribution is -0.122. The summed E-state index contributed by atoms with van der Waals surface area (Å²) >= 11 is 0. The summed E-state index contributed by atoms with van der Waals surface area (Å²) in [4.78, 5) is 14.2. The number of nitrogens with zero attached hydrogens (tertiary/aromatic N) is 1. The number of hydrogen-bond acceptors (Lipinski definition) is 3. The van der Waals surface area contributed by atoms with Crippen LogP contribution in [0, 0.1) is 18.7 Å². The number of halogens is 2. The molecule has 1 amide bonds. The van der Waals surface area contributed by atoms with Crippen LogP contribution in [0.1, 0.15) is 30.4 Å². The van der Waals surface area contributed by atoms with Crippen molar-refractivity contribution in [2.24, 2.45) is 5.92 Å². The molecule has 0 atom stereocenters. The first-order valence-electron chi connectivity index (χ1n) is 8.47. The van der Waals surface area contributed by atoms with Crippen molar-refractivity contribution in [2.45, 2.75) is 32.7 Å². The highest BCUT2D eigenvalue weighted by molar-refractivity contribution is 5.85. The molecule has 24 heavy (non-hydrogen) atoms. The van der Waals surface area contributed by atoms with Crippen LogP contribution in [0.2, 0.25) is 0 Å². The molecular weight excluding hydrogens is 329 g/mol. The van der Waals surface area contributed by atoms with Crippen molar-refractivity contribution in [3.63, 3.8) is 0 Å². The molecule has 1 aliphatic heterocycles. The number of rotatable bonds is 7. The predicted octanol–water partition coefficient (Wildman–Crippen LogP) is 2.49. The monoisotopic (exact) mass is 357 g/mol. The number of aryl methyl sites for hydroxylation is 1. The second-order valence-electron chi connectivity index (χ2n) is 6.47. The lowest BCUT2D eigenvalue weighted by atomic mass is 9.93. The topological polar surface area (TPSA) is 44.4 Å². The van der Waals surface area contributed by atoms with Gasteiger partial charge in [-0.05, 0) is 76.0 Å². The third-order valence-electron chi connectivity index (χ3n) is 4.60. The molecular formula is C18H29ClFN3O. The maximum absolute atomic E-state index is 13.5. The summed E-state index contributed by atoms with van der Waals surface area (Å²) in [7, 11) is 1.99. The Kier molecular flexibility index (Phi) is 9.26. The van der Waals surface area contributed by atoms with Gasteiger partial charge in [-0.2, -0.15) is 0 Å². The zero-order valence-corrected chi connectivity index (χ0v) is 15.4. The van der Waals surface area contributed by atoms with Crippen molar-refractivity contribution >= 4 is 18.3 Å². The minimum absolute atomic E-state index is 0. The van der Waals surface area contributed by atoms with E-state index in [9.17, 15) is 9.18 Å². The molecule has 0 aromatic heterocycles. The van der Waals surface area contributed by atoms with Crippen LogP contribution in [0.5, 0.6) is 0 Å². The van der Waals surface area contributed by atoms with Gasteiger partial charge in [0.05, 0.1) is 6.54 Å². The van der Waals surface area contributed by atoms with Crippen LogP contribution in [0.4, 0.5) is 4.39 Å². The van der Waals surface area contributed by atoms with E-state index in [-0.39, 0.29) is 24.1 Å². The Balaban J connectivity index is 0.00000288.